The molecule has 104 valence electrons. The molecule has 0 aromatic carbocycles. The highest BCUT2D eigenvalue weighted by Crippen LogP contribution is 2.58. The summed E-state index contributed by atoms with van der Waals surface area (Å²) in [5, 5.41) is 15.3. The van der Waals surface area contributed by atoms with Crippen LogP contribution >= 0.6 is 0 Å². The molecule has 1 N–H and O–H groups in total. The summed E-state index contributed by atoms with van der Waals surface area (Å²) in [6, 6.07) is 0. The Labute approximate surface area is 109 Å². The smallest absolute Gasteiger partial charge is 0.249 e. The maximum atomic E-state index is 8.44. The predicted octanol–water partition coefficient (Wildman–Crippen LogP) is 1.55. The van der Waals surface area contributed by atoms with E-state index in [0.29, 0.717) is 5.54 Å². The van der Waals surface area contributed by atoms with Crippen molar-refractivity contribution in [3.05, 3.63) is 0 Å². The number of hydrogen-bond donors (Lipinski definition) is 1. The molecule has 4 nitrogen and oxygen atoms in total. The van der Waals surface area contributed by atoms with Gasteiger partial charge in [-0.1, -0.05) is 0 Å². The molecule has 0 spiro atoms. The van der Waals surface area contributed by atoms with Gasteiger partial charge >= 0.3 is 0 Å². The summed E-state index contributed by atoms with van der Waals surface area (Å²) in [4.78, 5) is 8.44. The monoisotopic (exact) mass is 255 g/mol. The minimum atomic E-state index is -2.08. The molecule has 0 aromatic heterocycles. The van der Waals surface area contributed by atoms with E-state index in [2.05, 4.69) is 21.1 Å². The highest BCUT2D eigenvalue weighted by Gasteiger charge is 2.57. The third-order valence-electron chi connectivity index (χ3n) is 5.43. The first kappa shape index (κ1) is 13.7. The van der Waals surface area contributed by atoms with E-state index in [9.17, 15) is 0 Å². The lowest BCUT2D eigenvalue weighted by Crippen LogP contribution is -2.65. The van der Waals surface area contributed by atoms with Crippen molar-refractivity contribution in [1.29, 1.82) is 0 Å². The molecule has 0 saturated heterocycles. The molecule has 4 bridgehead atoms. The fourth-order valence-corrected chi connectivity index (χ4v) is 4.89. The van der Waals surface area contributed by atoms with E-state index in [-0.39, 0.29) is 0 Å². The van der Waals surface area contributed by atoms with Gasteiger partial charge < -0.3 is 19.5 Å². The van der Waals surface area contributed by atoms with E-state index < -0.39 is 6.16 Å². The number of hydrogen-bond acceptors (Lipinski definition) is 2. The summed E-state index contributed by atoms with van der Waals surface area (Å²) in [6.45, 7) is 0. The van der Waals surface area contributed by atoms with E-state index in [1.165, 1.54) is 23.7 Å². The summed E-state index contributed by atoms with van der Waals surface area (Å²) in [7, 11) is 7.27. The zero-order valence-corrected chi connectivity index (χ0v) is 11.7. The summed E-state index contributed by atoms with van der Waals surface area (Å²) >= 11 is 0. The van der Waals surface area contributed by atoms with Crippen molar-refractivity contribution in [2.24, 2.45) is 17.8 Å². The van der Waals surface area contributed by atoms with Gasteiger partial charge in [0.15, 0.2) is 0 Å². The van der Waals surface area contributed by atoms with Crippen molar-refractivity contribution in [2.45, 2.75) is 44.1 Å². The van der Waals surface area contributed by atoms with Crippen LogP contribution in [0.4, 0.5) is 4.79 Å². The lowest BCUT2D eigenvalue weighted by Gasteiger charge is -2.61. The molecule has 4 aliphatic carbocycles. The molecule has 0 atom stereocenters. The first-order valence-electron chi connectivity index (χ1n) is 6.93. The van der Waals surface area contributed by atoms with Crippen molar-refractivity contribution in [3.63, 3.8) is 0 Å². The van der Waals surface area contributed by atoms with Gasteiger partial charge in [-0.3, -0.25) is 0 Å². The average Bonchev–Trinajstić information content (AvgIpc) is 2.11. The summed E-state index contributed by atoms with van der Waals surface area (Å²) in [5.74, 6) is 3.29. The molecule has 4 saturated carbocycles. The van der Waals surface area contributed by atoms with Crippen LogP contribution in [-0.2, 0) is 0 Å². The quantitative estimate of drug-likeness (QED) is 0.723. The van der Waals surface area contributed by atoms with Gasteiger partial charge in [0.05, 0.1) is 26.7 Å². The van der Waals surface area contributed by atoms with Gasteiger partial charge in [0.2, 0.25) is 6.16 Å². The van der Waals surface area contributed by atoms with E-state index in [1.54, 1.807) is 19.3 Å². The molecule has 0 aliphatic heterocycles. The van der Waals surface area contributed by atoms with Crippen LogP contribution in [0.15, 0.2) is 0 Å². The number of nitrogens with zero attached hydrogens (tertiary/aromatic N) is 1. The lowest BCUT2D eigenvalue weighted by atomic mass is 9.52. The average molecular weight is 255 g/mol. The molecule has 18 heavy (non-hydrogen) atoms. The highest BCUT2D eigenvalue weighted by molar-refractivity contribution is 5.50. The Hall–Kier alpha value is -0.770. The molecule has 0 aromatic rings. The maximum Gasteiger partial charge on any atom is 0.249 e. The summed E-state index contributed by atoms with van der Waals surface area (Å²) < 4.78 is 1.22. The first-order chi connectivity index (χ1) is 8.22. The van der Waals surface area contributed by atoms with Gasteiger partial charge in [-0.15, -0.1) is 0 Å². The van der Waals surface area contributed by atoms with Crippen LogP contribution in [0.25, 0.3) is 0 Å². The van der Waals surface area contributed by atoms with Crippen LogP contribution in [0.2, 0.25) is 0 Å². The molecular weight excluding hydrogens is 230 g/mol. The Bertz CT molecular complexity index is 293. The number of carboxylic acid groups (broad SMARTS) is 2. The normalized spacial score (nSPS) is 41.2. The second kappa shape index (κ2) is 4.41. The van der Waals surface area contributed by atoms with Crippen molar-refractivity contribution in [1.82, 2.24) is 0 Å². The topological polar surface area (TPSA) is 60.4 Å². The van der Waals surface area contributed by atoms with Gasteiger partial charge in [-0.2, -0.15) is 0 Å². The Kier molecular flexibility index (Phi) is 3.34. The standard InChI is InChI=1S/C13H24N.CH2O3/c1-14(2,3)13-7-10-4-11(8-13)6-12(5-10)9-13;2-1(3)4/h10-12H,4-9H2,1-3H3;(H2,2,3,4)/q+1;/p-1. The third-order valence-corrected chi connectivity index (χ3v) is 5.43. The van der Waals surface area contributed by atoms with Gasteiger partial charge in [0, 0.05) is 19.3 Å². The van der Waals surface area contributed by atoms with Crippen molar-refractivity contribution >= 4 is 6.16 Å². The number of rotatable bonds is 1. The van der Waals surface area contributed by atoms with Crippen molar-refractivity contribution in [2.75, 3.05) is 21.1 Å². The van der Waals surface area contributed by atoms with E-state index >= 15 is 0 Å². The molecule has 0 amide bonds. The minimum absolute atomic E-state index is 0.675. The maximum absolute atomic E-state index is 8.44. The molecule has 4 fully saturated rings. The molecule has 0 unspecified atom stereocenters. The summed E-state index contributed by atoms with van der Waals surface area (Å²) in [6.07, 6.45) is 7.21. The fourth-order valence-electron chi connectivity index (χ4n) is 4.89. The third kappa shape index (κ3) is 2.48. The Morgan fingerprint density at radius 2 is 1.33 bits per heavy atom. The second-order valence-corrected chi connectivity index (χ2v) is 7.42. The zero-order chi connectivity index (χ0) is 13.6. The van der Waals surface area contributed by atoms with Crippen LogP contribution in [0.1, 0.15) is 38.5 Å². The number of quaternary nitrogens is 1. The van der Waals surface area contributed by atoms with Crippen LogP contribution in [0.3, 0.4) is 0 Å². The van der Waals surface area contributed by atoms with Crippen LogP contribution in [0.5, 0.6) is 0 Å². The SMILES string of the molecule is C[N+](C)(C)C12CC3CC(CC(C3)C1)C2.O=C([O-])O. The fraction of sp³-hybridized carbons (Fsp3) is 0.929. The largest absolute Gasteiger partial charge is 0.565 e. The zero-order valence-electron chi connectivity index (χ0n) is 11.7. The molecule has 0 heterocycles. The van der Waals surface area contributed by atoms with Crippen LogP contribution in [0, 0.1) is 17.8 Å². The van der Waals surface area contributed by atoms with Crippen molar-refractivity contribution < 1.29 is 19.5 Å². The van der Waals surface area contributed by atoms with E-state index in [4.69, 9.17) is 15.0 Å². The molecule has 4 heteroatoms. The second-order valence-electron chi connectivity index (χ2n) is 7.42. The van der Waals surface area contributed by atoms with Gasteiger partial charge in [-0.05, 0) is 37.0 Å². The first-order valence-corrected chi connectivity index (χ1v) is 6.93. The Morgan fingerprint density at radius 3 is 1.56 bits per heavy atom. The van der Waals surface area contributed by atoms with Crippen LogP contribution in [-0.4, -0.2) is 42.4 Å². The minimum Gasteiger partial charge on any atom is -0.565 e. The van der Waals surface area contributed by atoms with Crippen molar-refractivity contribution in [3.8, 4) is 0 Å². The predicted molar refractivity (Wildman–Crippen MR) is 67.0 cm³/mol. The number of carbonyl (C=O) groups is 1. The Balaban J connectivity index is 0.000000267. The lowest BCUT2D eigenvalue weighted by molar-refractivity contribution is -0.930. The molecule has 4 rings (SSSR count). The van der Waals surface area contributed by atoms with E-state index in [0.717, 1.165) is 17.8 Å². The highest BCUT2D eigenvalue weighted by atomic mass is 16.6. The Morgan fingerprint density at radius 1 is 1.06 bits per heavy atom. The van der Waals surface area contributed by atoms with Gasteiger partial charge in [-0.25, -0.2) is 0 Å². The van der Waals surface area contributed by atoms with Gasteiger partial charge in [0.1, 0.15) is 0 Å². The molecule has 0 radical (unpaired) electrons. The van der Waals surface area contributed by atoms with E-state index in [1.807, 2.05) is 0 Å². The summed E-state index contributed by atoms with van der Waals surface area (Å²) in [5.41, 5.74) is 0.675. The molecular formula is C14H25NO3. The van der Waals surface area contributed by atoms with Crippen LogP contribution < -0.4 is 5.11 Å². The van der Waals surface area contributed by atoms with Gasteiger partial charge in [0.25, 0.3) is 0 Å². The molecule has 4 aliphatic rings.